The van der Waals surface area contributed by atoms with Crippen LogP contribution in [0.3, 0.4) is 0 Å². The molecule has 2 aromatic carbocycles. The predicted molar refractivity (Wildman–Crippen MR) is 185 cm³/mol. The number of imide groups is 2. The highest BCUT2D eigenvalue weighted by Gasteiger charge is 2.26. The number of rotatable bonds is 10. The van der Waals surface area contributed by atoms with Crippen LogP contribution in [-0.4, -0.2) is 35.5 Å². The van der Waals surface area contributed by atoms with E-state index in [0.717, 1.165) is 48.2 Å². The van der Waals surface area contributed by atoms with Crippen molar-refractivity contribution in [1.82, 2.24) is 10.6 Å². The van der Waals surface area contributed by atoms with Crippen molar-refractivity contribution in [2.75, 3.05) is 13.2 Å². The van der Waals surface area contributed by atoms with Crippen molar-refractivity contribution in [3.8, 4) is 11.5 Å². The van der Waals surface area contributed by atoms with Crippen molar-refractivity contribution >= 4 is 81.2 Å². The maximum absolute atomic E-state index is 11.6. The van der Waals surface area contributed by atoms with Crippen molar-refractivity contribution in [3.05, 3.63) is 67.4 Å². The average Bonchev–Trinajstić information content (AvgIpc) is 3.84. The Labute approximate surface area is 287 Å². The summed E-state index contributed by atoms with van der Waals surface area (Å²) < 4.78 is 11.6. The van der Waals surface area contributed by atoms with E-state index >= 15 is 0 Å². The molecule has 2 aliphatic carbocycles. The molecule has 2 saturated carbocycles. The molecule has 2 aromatic rings. The third-order valence-electron chi connectivity index (χ3n) is 8.36. The molecular formula is C34H36Cl2N2O6S2. The summed E-state index contributed by atoms with van der Waals surface area (Å²) in [7, 11) is 0. The van der Waals surface area contributed by atoms with E-state index in [1.54, 1.807) is 24.3 Å². The van der Waals surface area contributed by atoms with Crippen LogP contribution in [0, 0.1) is 11.8 Å². The van der Waals surface area contributed by atoms with Crippen molar-refractivity contribution in [1.29, 1.82) is 0 Å². The summed E-state index contributed by atoms with van der Waals surface area (Å²) in [4.78, 5) is 46.3. The van der Waals surface area contributed by atoms with Crippen LogP contribution in [0.2, 0.25) is 10.0 Å². The first-order valence-corrected chi connectivity index (χ1v) is 18.0. The molecule has 2 heterocycles. The number of amides is 4. The highest BCUT2D eigenvalue weighted by molar-refractivity contribution is 8.18. The number of hydrogen-bond donors (Lipinski definition) is 2. The highest BCUT2D eigenvalue weighted by atomic mass is 35.5. The molecule has 4 fully saturated rings. The fourth-order valence-corrected chi connectivity index (χ4v) is 7.71. The van der Waals surface area contributed by atoms with Gasteiger partial charge in [-0.15, -0.1) is 0 Å². The minimum Gasteiger partial charge on any atom is -0.492 e. The van der Waals surface area contributed by atoms with Gasteiger partial charge in [0.25, 0.3) is 22.3 Å². The largest absolute Gasteiger partial charge is 0.492 e. The van der Waals surface area contributed by atoms with Gasteiger partial charge in [-0.05, 0) is 83.6 Å². The second-order valence-electron chi connectivity index (χ2n) is 11.6. The normalized spacial score (nSPS) is 20.3. The van der Waals surface area contributed by atoms with Gasteiger partial charge in [0.05, 0.1) is 33.1 Å². The molecule has 244 valence electrons. The maximum Gasteiger partial charge on any atom is 0.290 e. The Morgan fingerprint density at radius 2 is 1.04 bits per heavy atom. The van der Waals surface area contributed by atoms with Gasteiger partial charge in [-0.25, -0.2) is 0 Å². The molecule has 12 heteroatoms. The Morgan fingerprint density at radius 3 is 1.39 bits per heavy atom. The first kappa shape index (κ1) is 34.4. The number of ether oxygens (including phenoxy) is 2. The zero-order valence-electron chi connectivity index (χ0n) is 25.3. The first-order valence-electron chi connectivity index (χ1n) is 15.6. The fourth-order valence-electron chi connectivity index (χ4n) is 5.90. The monoisotopic (exact) mass is 702 g/mol. The van der Waals surface area contributed by atoms with E-state index in [4.69, 9.17) is 32.7 Å². The van der Waals surface area contributed by atoms with Gasteiger partial charge in [-0.2, -0.15) is 0 Å². The van der Waals surface area contributed by atoms with Gasteiger partial charge >= 0.3 is 0 Å². The molecule has 4 amide bonds. The van der Waals surface area contributed by atoms with Crippen LogP contribution >= 0.6 is 46.7 Å². The molecule has 0 bridgehead atoms. The SMILES string of the molecule is O=C1NC(=O)C(=Cc2cccc(OCCC3CCCC3)c2Cl)S1.O=C1NC(=O)C(=Cc2cccc(OCCC3CCCC3)c2Cl)S1. The number of benzene rings is 2. The Balaban J connectivity index is 0.000000181. The third kappa shape index (κ3) is 9.56. The summed E-state index contributed by atoms with van der Waals surface area (Å²) in [5.74, 6) is 2.00. The molecule has 0 atom stereocenters. The van der Waals surface area contributed by atoms with Gasteiger partial charge in [-0.1, -0.05) is 98.8 Å². The molecule has 0 unspecified atom stereocenters. The summed E-state index contributed by atoms with van der Waals surface area (Å²) in [5, 5.41) is 4.68. The predicted octanol–water partition coefficient (Wildman–Crippen LogP) is 9.25. The topological polar surface area (TPSA) is 111 Å². The Morgan fingerprint density at radius 1 is 0.652 bits per heavy atom. The second-order valence-corrected chi connectivity index (χ2v) is 14.4. The average molecular weight is 704 g/mol. The van der Waals surface area contributed by atoms with Crippen LogP contribution in [0.1, 0.15) is 75.3 Å². The standard InChI is InChI=1S/2C17H18ClNO3S/c2*18-15-12(10-14-16(20)19-17(21)23-14)6-3-7-13(15)22-9-8-11-4-1-2-5-11/h2*3,6-7,10-11H,1-2,4-5,8-9H2,(H,19,20,21). The van der Waals surface area contributed by atoms with Crippen LogP contribution in [0.4, 0.5) is 9.59 Å². The fraction of sp³-hybridized carbons (Fsp3) is 0.412. The Bertz CT molecular complexity index is 1420. The molecule has 2 N–H and O–H groups in total. The van der Waals surface area contributed by atoms with Crippen LogP contribution < -0.4 is 20.1 Å². The number of carbonyl (C=O) groups excluding carboxylic acids is 4. The van der Waals surface area contributed by atoms with E-state index in [-0.39, 0.29) is 22.3 Å². The van der Waals surface area contributed by atoms with Gasteiger partial charge in [0.1, 0.15) is 11.5 Å². The number of nitrogens with one attached hydrogen (secondary N) is 2. The summed E-state index contributed by atoms with van der Waals surface area (Å²) in [6.07, 6.45) is 15.8. The molecule has 0 aromatic heterocycles. The Hall–Kier alpha value is -2.92. The smallest absolute Gasteiger partial charge is 0.290 e. The number of carbonyl (C=O) groups is 4. The third-order valence-corrected chi connectivity index (χ3v) is 10.8. The number of halogens is 2. The second kappa shape index (κ2) is 16.8. The minimum atomic E-state index is -0.386. The van der Waals surface area contributed by atoms with Crippen LogP contribution in [0.15, 0.2) is 46.2 Å². The van der Waals surface area contributed by atoms with Crippen LogP contribution in [0.5, 0.6) is 11.5 Å². The Kier molecular flexibility index (Phi) is 12.5. The molecule has 46 heavy (non-hydrogen) atoms. The molecule has 8 nitrogen and oxygen atoms in total. The lowest BCUT2D eigenvalue weighted by Crippen LogP contribution is -2.17. The van der Waals surface area contributed by atoms with Gasteiger partial charge in [0.15, 0.2) is 0 Å². The van der Waals surface area contributed by atoms with Crippen molar-refractivity contribution < 1.29 is 28.7 Å². The van der Waals surface area contributed by atoms with Gasteiger partial charge in [0.2, 0.25) is 0 Å². The summed E-state index contributed by atoms with van der Waals surface area (Å²) in [6.45, 7) is 1.30. The molecule has 2 saturated heterocycles. The molecule has 0 spiro atoms. The highest BCUT2D eigenvalue weighted by Crippen LogP contribution is 2.35. The van der Waals surface area contributed by atoms with Crippen molar-refractivity contribution in [2.45, 2.75) is 64.2 Å². The summed E-state index contributed by atoms with van der Waals surface area (Å²) >= 11 is 14.5. The minimum absolute atomic E-state index is 0.347. The molecule has 0 radical (unpaired) electrons. The molecule has 2 aliphatic heterocycles. The van der Waals surface area contributed by atoms with Gasteiger partial charge in [0, 0.05) is 0 Å². The molecular weight excluding hydrogens is 667 g/mol. The van der Waals surface area contributed by atoms with E-state index in [9.17, 15) is 19.2 Å². The molecule has 4 aliphatic rings. The first-order chi connectivity index (χ1) is 22.3. The molecule has 6 rings (SSSR count). The van der Waals surface area contributed by atoms with E-state index < -0.39 is 0 Å². The zero-order chi connectivity index (χ0) is 32.5. The maximum atomic E-state index is 11.6. The summed E-state index contributed by atoms with van der Waals surface area (Å²) in [5.41, 5.74) is 1.36. The lowest BCUT2D eigenvalue weighted by atomic mass is 10.1. The van der Waals surface area contributed by atoms with E-state index in [1.165, 1.54) is 51.4 Å². The number of hydrogen-bond acceptors (Lipinski definition) is 8. The van der Waals surface area contributed by atoms with Gasteiger partial charge in [-0.3, -0.25) is 29.8 Å². The zero-order valence-corrected chi connectivity index (χ0v) is 28.4. The van der Waals surface area contributed by atoms with Crippen LogP contribution in [0.25, 0.3) is 12.2 Å². The van der Waals surface area contributed by atoms with E-state index in [2.05, 4.69) is 10.6 Å². The summed E-state index contributed by atoms with van der Waals surface area (Å²) in [6, 6.07) is 10.9. The van der Waals surface area contributed by atoms with E-state index in [0.29, 0.717) is 55.7 Å². The van der Waals surface area contributed by atoms with Gasteiger partial charge < -0.3 is 9.47 Å². The lowest BCUT2D eigenvalue weighted by molar-refractivity contribution is -0.116. The van der Waals surface area contributed by atoms with Crippen LogP contribution in [-0.2, 0) is 9.59 Å². The van der Waals surface area contributed by atoms with E-state index in [1.807, 2.05) is 24.3 Å². The quantitative estimate of drug-likeness (QED) is 0.236. The lowest BCUT2D eigenvalue weighted by Gasteiger charge is -2.12. The van der Waals surface area contributed by atoms with Crippen molar-refractivity contribution in [2.24, 2.45) is 11.8 Å². The number of thioether (sulfide) groups is 2. The van der Waals surface area contributed by atoms with Crippen molar-refractivity contribution in [3.63, 3.8) is 0 Å².